The smallest absolute Gasteiger partial charge is 0.0834 e. The summed E-state index contributed by atoms with van der Waals surface area (Å²) in [4.78, 5) is 0. The first-order valence-corrected chi connectivity index (χ1v) is 8.62. The van der Waals surface area contributed by atoms with Crippen LogP contribution in [-0.4, -0.2) is 17.3 Å². The fourth-order valence-electron chi connectivity index (χ4n) is 3.88. The van der Waals surface area contributed by atoms with Crippen molar-refractivity contribution >= 4 is 23.2 Å². The van der Waals surface area contributed by atoms with Crippen molar-refractivity contribution in [3.05, 3.63) is 33.8 Å². The van der Waals surface area contributed by atoms with E-state index in [1.807, 2.05) is 6.07 Å². The van der Waals surface area contributed by atoms with Gasteiger partial charge in [0.2, 0.25) is 0 Å². The lowest BCUT2D eigenvalue weighted by molar-refractivity contribution is -0.134. The number of aliphatic hydroxyl groups is 1. The van der Waals surface area contributed by atoms with Gasteiger partial charge in [-0.05, 0) is 49.3 Å². The van der Waals surface area contributed by atoms with E-state index < -0.39 is 6.10 Å². The van der Waals surface area contributed by atoms with Gasteiger partial charge < -0.3 is 9.84 Å². The number of hydrogen-bond acceptors (Lipinski definition) is 2. The average molecular weight is 329 g/mol. The molecule has 4 heteroatoms. The van der Waals surface area contributed by atoms with Crippen LogP contribution >= 0.6 is 23.2 Å². The van der Waals surface area contributed by atoms with Crippen LogP contribution < -0.4 is 0 Å². The van der Waals surface area contributed by atoms with E-state index in [9.17, 15) is 5.11 Å². The van der Waals surface area contributed by atoms with Crippen molar-refractivity contribution in [2.24, 2.45) is 5.92 Å². The van der Waals surface area contributed by atoms with Gasteiger partial charge in [0.15, 0.2) is 0 Å². The minimum absolute atomic E-state index is 0.00104. The molecule has 3 rings (SSSR count). The van der Waals surface area contributed by atoms with Crippen LogP contribution in [0.5, 0.6) is 0 Å². The highest BCUT2D eigenvalue weighted by Gasteiger charge is 2.41. The van der Waals surface area contributed by atoms with Crippen LogP contribution in [0.1, 0.15) is 56.6 Å². The first kappa shape index (κ1) is 15.6. The lowest BCUT2D eigenvalue weighted by atomic mass is 9.74. The van der Waals surface area contributed by atoms with E-state index >= 15 is 0 Å². The maximum Gasteiger partial charge on any atom is 0.0834 e. The van der Waals surface area contributed by atoms with Crippen molar-refractivity contribution in [3.8, 4) is 0 Å². The molecule has 1 saturated carbocycles. The molecule has 2 aliphatic rings. The standard InChI is InChI=1S/C17H22Cl2O2/c18-13-4-5-14(15(19)10-13)16(20)12-6-9-21-17(11-12)7-2-1-3-8-17/h4-5,10,12,16,20H,1-3,6-9,11H2. The van der Waals surface area contributed by atoms with Gasteiger partial charge in [0.25, 0.3) is 0 Å². The molecule has 21 heavy (non-hydrogen) atoms. The molecule has 1 aromatic rings. The van der Waals surface area contributed by atoms with Crippen LogP contribution in [0.4, 0.5) is 0 Å². The van der Waals surface area contributed by atoms with Crippen LogP contribution in [0.2, 0.25) is 10.0 Å². The number of rotatable bonds is 2. The van der Waals surface area contributed by atoms with Gasteiger partial charge in [0, 0.05) is 16.7 Å². The van der Waals surface area contributed by atoms with E-state index in [-0.39, 0.29) is 11.5 Å². The van der Waals surface area contributed by atoms with Gasteiger partial charge >= 0.3 is 0 Å². The molecule has 1 aliphatic carbocycles. The molecule has 2 unspecified atom stereocenters. The van der Waals surface area contributed by atoms with Crippen molar-refractivity contribution in [2.75, 3.05) is 6.61 Å². The molecule has 0 bridgehead atoms. The number of halogens is 2. The largest absolute Gasteiger partial charge is 0.388 e. The monoisotopic (exact) mass is 328 g/mol. The van der Waals surface area contributed by atoms with Crippen LogP contribution in [-0.2, 0) is 4.74 Å². The summed E-state index contributed by atoms with van der Waals surface area (Å²) in [5, 5.41) is 11.9. The van der Waals surface area contributed by atoms with Crippen molar-refractivity contribution < 1.29 is 9.84 Å². The summed E-state index contributed by atoms with van der Waals surface area (Å²) >= 11 is 12.2. The molecule has 2 atom stereocenters. The summed E-state index contributed by atoms with van der Waals surface area (Å²) in [7, 11) is 0. The lowest BCUT2D eigenvalue weighted by Gasteiger charge is -2.44. The molecule has 1 spiro atoms. The first-order valence-electron chi connectivity index (χ1n) is 7.87. The molecule has 1 saturated heterocycles. The minimum Gasteiger partial charge on any atom is -0.388 e. The van der Waals surface area contributed by atoms with Gasteiger partial charge in [0.1, 0.15) is 0 Å². The van der Waals surface area contributed by atoms with Gasteiger partial charge in [-0.1, -0.05) is 48.5 Å². The Morgan fingerprint density at radius 1 is 1.19 bits per heavy atom. The zero-order chi connectivity index (χ0) is 14.9. The molecule has 1 heterocycles. The molecule has 0 radical (unpaired) electrons. The van der Waals surface area contributed by atoms with Crippen LogP contribution in [0.15, 0.2) is 18.2 Å². The van der Waals surface area contributed by atoms with Crippen LogP contribution in [0.25, 0.3) is 0 Å². The van der Waals surface area contributed by atoms with Crippen LogP contribution in [0, 0.1) is 5.92 Å². The SMILES string of the molecule is OC(c1ccc(Cl)cc1Cl)C1CCOC2(CCCCC2)C1. The molecule has 1 aromatic carbocycles. The third-order valence-electron chi connectivity index (χ3n) is 5.02. The zero-order valence-electron chi connectivity index (χ0n) is 12.2. The van der Waals surface area contributed by atoms with E-state index in [1.165, 1.54) is 19.3 Å². The summed E-state index contributed by atoms with van der Waals surface area (Å²) in [5.41, 5.74) is 0.792. The van der Waals surface area contributed by atoms with Gasteiger partial charge in [-0.3, -0.25) is 0 Å². The molecular weight excluding hydrogens is 307 g/mol. The fraction of sp³-hybridized carbons (Fsp3) is 0.647. The molecule has 2 fully saturated rings. The normalized spacial score (nSPS) is 26.7. The highest BCUT2D eigenvalue weighted by molar-refractivity contribution is 6.35. The maximum absolute atomic E-state index is 10.7. The second kappa shape index (κ2) is 6.45. The van der Waals surface area contributed by atoms with E-state index in [0.717, 1.165) is 37.9 Å². The second-order valence-corrected chi connectivity index (χ2v) is 7.30. The Bertz CT molecular complexity index is 492. The van der Waals surface area contributed by atoms with Gasteiger partial charge in [-0.25, -0.2) is 0 Å². The summed E-state index contributed by atoms with van der Waals surface area (Å²) in [6, 6.07) is 5.34. The van der Waals surface area contributed by atoms with Crippen molar-refractivity contribution in [2.45, 2.75) is 56.7 Å². The summed E-state index contributed by atoms with van der Waals surface area (Å²) in [5.74, 6) is 0.218. The van der Waals surface area contributed by atoms with E-state index in [4.69, 9.17) is 27.9 Å². The molecule has 0 amide bonds. The topological polar surface area (TPSA) is 29.5 Å². The molecule has 116 valence electrons. The Morgan fingerprint density at radius 2 is 1.95 bits per heavy atom. The van der Waals surface area contributed by atoms with E-state index in [0.29, 0.717) is 10.0 Å². The predicted octanol–water partition coefficient (Wildman–Crippen LogP) is 5.16. The number of ether oxygens (including phenoxy) is 1. The molecule has 1 N–H and O–H groups in total. The first-order chi connectivity index (χ1) is 10.1. The maximum atomic E-state index is 10.7. The van der Waals surface area contributed by atoms with Gasteiger partial charge in [-0.2, -0.15) is 0 Å². The molecular formula is C17H22Cl2O2. The van der Waals surface area contributed by atoms with Crippen molar-refractivity contribution in [1.82, 2.24) is 0 Å². The van der Waals surface area contributed by atoms with E-state index in [2.05, 4.69) is 0 Å². The number of hydrogen-bond donors (Lipinski definition) is 1. The highest BCUT2D eigenvalue weighted by atomic mass is 35.5. The summed E-state index contributed by atoms with van der Waals surface area (Å²) in [6.45, 7) is 0.743. The van der Waals surface area contributed by atoms with E-state index in [1.54, 1.807) is 12.1 Å². The van der Waals surface area contributed by atoms with Crippen LogP contribution in [0.3, 0.4) is 0 Å². The Hall–Kier alpha value is -0.280. The average Bonchev–Trinajstić information content (AvgIpc) is 2.47. The number of aliphatic hydroxyl groups excluding tert-OH is 1. The quantitative estimate of drug-likeness (QED) is 0.812. The Labute approximate surface area is 136 Å². The third-order valence-corrected chi connectivity index (χ3v) is 5.59. The van der Waals surface area contributed by atoms with Gasteiger partial charge in [0.05, 0.1) is 11.7 Å². The predicted molar refractivity (Wildman–Crippen MR) is 85.9 cm³/mol. The Morgan fingerprint density at radius 3 is 2.67 bits per heavy atom. The minimum atomic E-state index is -0.530. The molecule has 0 aromatic heterocycles. The Balaban J connectivity index is 1.76. The fourth-order valence-corrected chi connectivity index (χ4v) is 4.40. The molecule has 2 nitrogen and oxygen atoms in total. The summed E-state index contributed by atoms with van der Waals surface area (Å²) in [6.07, 6.45) is 7.35. The number of benzene rings is 1. The summed E-state index contributed by atoms with van der Waals surface area (Å²) < 4.78 is 6.11. The third kappa shape index (κ3) is 3.39. The second-order valence-electron chi connectivity index (χ2n) is 6.46. The molecule has 1 aliphatic heterocycles. The lowest BCUT2D eigenvalue weighted by Crippen LogP contribution is -2.42. The zero-order valence-corrected chi connectivity index (χ0v) is 13.7. The highest BCUT2D eigenvalue weighted by Crippen LogP contribution is 2.45. The Kier molecular flexibility index (Phi) is 4.80. The van der Waals surface area contributed by atoms with Crippen molar-refractivity contribution in [1.29, 1.82) is 0 Å². The van der Waals surface area contributed by atoms with Crippen molar-refractivity contribution in [3.63, 3.8) is 0 Å². The van der Waals surface area contributed by atoms with Gasteiger partial charge in [-0.15, -0.1) is 0 Å².